The van der Waals surface area contributed by atoms with E-state index in [2.05, 4.69) is 6.07 Å². The van der Waals surface area contributed by atoms with E-state index in [9.17, 15) is 5.26 Å². The first-order valence-corrected chi connectivity index (χ1v) is 6.87. The summed E-state index contributed by atoms with van der Waals surface area (Å²) in [7, 11) is 1.59. The molecule has 0 spiro atoms. The molecular weight excluding hydrogens is 293 g/mol. The van der Waals surface area contributed by atoms with Crippen LogP contribution < -0.4 is 4.74 Å². The molecule has 0 aliphatic heterocycles. The van der Waals surface area contributed by atoms with Crippen LogP contribution in [0.5, 0.6) is 5.75 Å². The Hall–Kier alpha value is -1.69. The van der Waals surface area contributed by atoms with Crippen molar-refractivity contribution in [1.29, 1.82) is 5.26 Å². The molecule has 0 heterocycles. The van der Waals surface area contributed by atoms with Crippen LogP contribution >= 0.6 is 23.2 Å². The van der Waals surface area contributed by atoms with Gasteiger partial charge in [-0.15, -0.1) is 0 Å². The molecule has 2 aromatic rings. The van der Waals surface area contributed by atoms with Crippen LogP contribution in [0, 0.1) is 11.3 Å². The molecule has 0 saturated carbocycles. The van der Waals surface area contributed by atoms with E-state index in [-0.39, 0.29) is 5.92 Å². The van der Waals surface area contributed by atoms with Gasteiger partial charge in [0.05, 0.1) is 19.1 Å². The Balaban J connectivity index is 2.31. The van der Waals surface area contributed by atoms with Crippen molar-refractivity contribution >= 4 is 23.2 Å². The molecule has 0 N–H and O–H groups in total. The molecule has 0 bridgehead atoms. The van der Waals surface area contributed by atoms with E-state index < -0.39 is 0 Å². The van der Waals surface area contributed by atoms with Crippen molar-refractivity contribution < 1.29 is 4.74 Å². The quantitative estimate of drug-likeness (QED) is 0.808. The third-order valence-corrected chi connectivity index (χ3v) is 3.56. The Morgan fingerprint density at radius 3 is 2.35 bits per heavy atom. The molecule has 20 heavy (non-hydrogen) atoms. The summed E-state index contributed by atoms with van der Waals surface area (Å²) in [6, 6.07) is 15.1. The highest BCUT2D eigenvalue weighted by Gasteiger charge is 2.17. The van der Waals surface area contributed by atoms with Gasteiger partial charge in [0.1, 0.15) is 5.75 Å². The largest absolute Gasteiger partial charge is 0.496 e. The number of nitrogens with zero attached hydrogens (tertiary/aromatic N) is 1. The fourth-order valence-corrected chi connectivity index (χ4v) is 2.37. The predicted octanol–water partition coefficient (Wildman–Crippen LogP) is 4.85. The number of methoxy groups -OCH3 is 1. The van der Waals surface area contributed by atoms with Crippen molar-refractivity contribution in [1.82, 2.24) is 0 Å². The zero-order chi connectivity index (χ0) is 14.5. The second-order valence-electron chi connectivity index (χ2n) is 4.40. The molecule has 0 fully saturated rings. The number of rotatable bonds is 4. The van der Waals surface area contributed by atoms with Crippen molar-refractivity contribution in [3.05, 3.63) is 63.6 Å². The molecule has 0 saturated heterocycles. The first-order valence-electron chi connectivity index (χ1n) is 6.11. The van der Waals surface area contributed by atoms with Crippen LogP contribution in [0.3, 0.4) is 0 Å². The van der Waals surface area contributed by atoms with Crippen molar-refractivity contribution in [3.8, 4) is 11.8 Å². The van der Waals surface area contributed by atoms with Crippen LogP contribution in [0.1, 0.15) is 17.0 Å². The molecule has 102 valence electrons. The molecular formula is C16H13Cl2NO. The van der Waals surface area contributed by atoms with E-state index >= 15 is 0 Å². The van der Waals surface area contributed by atoms with E-state index in [4.69, 9.17) is 27.9 Å². The lowest BCUT2D eigenvalue weighted by Gasteiger charge is -2.14. The van der Waals surface area contributed by atoms with Gasteiger partial charge in [-0.25, -0.2) is 0 Å². The average molecular weight is 306 g/mol. The first kappa shape index (κ1) is 14.7. The highest BCUT2D eigenvalue weighted by molar-refractivity contribution is 6.30. The molecule has 1 unspecified atom stereocenters. The Kier molecular flexibility index (Phi) is 4.89. The van der Waals surface area contributed by atoms with Gasteiger partial charge in [-0.05, 0) is 42.3 Å². The summed E-state index contributed by atoms with van der Waals surface area (Å²) in [5, 5.41) is 10.7. The van der Waals surface area contributed by atoms with Crippen molar-refractivity contribution in [3.63, 3.8) is 0 Å². The van der Waals surface area contributed by atoms with Crippen LogP contribution in [-0.2, 0) is 6.42 Å². The normalized spacial score (nSPS) is 11.7. The van der Waals surface area contributed by atoms with Gasteiger partial charge in [-0.1, -0.05) is 35.3 Å². The number of hydrogen-bond acceptors (Lipinski definition) is 2. The summed E-state index contributed by atoms with van der Waals surface area (Å²) in [4.78, 5) is 0. The smallest absolute Gasteiger partial charge is 0.123 e. The lowest BCUT2D eigenvalue weighted by molar-refractivity contribution is 0.408. The van der Waals surface area contributed by atoms with E-state index in [1.165, 1.54) is 0 Å². The van der Waals surface area contributed by atoms with Crippen LogP contribution in [-0.4, -0.2) is 7.11 Å². The molecule has 0 aromatic heterocycles. The maximum atomic E-state index is 9.43. The number of nitriles is 1. The summed E-state index contributed by atoms with van der Waals surface area (Å²) in [5.74, 6) is 0.361. The van der Waals surface area contributed by atoms with Crippen LogP contribution in [0.25, 0.3) is 0 Å². The average Bonchev–Trinajstić information content (AvgIpc) is 2.46. The molecule has 1 atom stereocenters. The van der Waals surface area contributed by atoms with E-state index in [1.807, 2.05) is 24.3 Å². The van der Waals surface area contributed by atoms with Crippen molar-refractivity contribution in [2.45, 2.75) is 12.3 Å². The number of benzene rings is 2. The molecule has 2 aromatic carbocycles. The molecule has 0 radical (unpaired) electrons. The second-order valence-corrected chi connectivity index (χ2v) is 5.27. The third kappa shape index (κ3) is 3.45. The maximum Gasteiger partial charge on any atom is 0.123 e. The summed E-state index contributed by atoms with van der Waals surface area (Å²) >= 11 is 11.9. The van der Waals surface area contributed by atoms with Crippen molar-refractivity contribution in [2.24, 2.45) is 0 Å². The summed E-state index contributed by atoms with van der Waals surface area (Å²) in [6.07, 6.45) is 0.588. The number of hydrogen-bond donors (Lipinski definition) is 0. The predicted molar refractivity (Wildman–Crippen MR) is 81.5 cm³/mol. The van der Waals surface area contributed by atoms with Gasteiger partial charge in [0.25, 0.3) is 0 Å². The van der Waals surface area contributed by atoms with E-state index in [0.29, 0.717) is 22.2 Å². The standard InChI is InChI=1S/C16H13Cl2NO/c1-20-16-7-6-14(18)9-15(16)12(10-19)8-11-2-4-13(17)5-3-11/h2-7,9,12H,8H2,1H3. The van der Waals surface area contributed by atoms with Gasteiger partial charge in [-0.3, -0.25) is 0 Å². The topological polar surface area (TPSA) is 33.0 Å². The number of ether oxygens (including phenoxy) is 1. The van der Waals surface area contributed by atoms with Crippen LogP contribution in [0.15, 0.2) is 42.5 Å². The first-order chi connectivity index (χ1) is 9.63. The monoisotopic (exact) mass is 305 g/mol. The van der Waals surface area contributed by atoms with Gasteiger partial charge < -0.3 is 4.74 Å². The molecule has 0 amide bonds. The Morgan fingerprint density at radius 2 is 1.75 bits per heavy atom. The maximum absolute atomic E-state index is 9.43. The number of halogens is 2. The van der Waals surface area contributed by atoms with Gasteiger partial charge >= 0.3 is 0 Å². The van der Waals surface area contributed by atoms with E-state index in [0.717, 1.165) is 11.1 Å². The lowest BCUT2D eigenvalue weighted by atomic mass is 9.92. The summed E-state index contributed by atoms with van der Waals surface area (Å²) in [5.41, 5.74) is 1.85. The summed E-state index contributed by atoms with van der Waals surface area (Å²) < 4.78 is 5.31. The Morgan fingerprint density at radius 1 is 1.10 bits per heavy atom. The van der Waals surface area contributed by atoms with Crippen molar-refractivity contribution in [2.75, 3.05) is 7.11 Å². The fraction of sp³-hybridized carbons (Fsp3) is 0.188. The second kappa shape index (κ2) is 6.65. The molecule has 2 rings (SSSR count). The van der Waals surface area contributed by atoms with Crippen LogP contribution in [0.2, 0.25) is 10.0 Å². The fourth-order valence-electron chi connectivity index (χ4n) is 2.06. The molecule has 0 aliphatic rings. The highest BCUT2D eigenvalue weighted by Crippen LogP contribution is 2.31. The molecule has 2 nitrogen and oxygen atoms in total. The summed E-state index contributed by atoms with van der Waals surface area (Å²) in [6.45, 7) is 0. The van der Waals surface area contributed by atoms with Gasteiger partial charge in [0, 0.05) is 15.6 Å². The minimum Gasteiger partial charge on any atom is -0.496 e. The third-order valence-electron chi connectivity index (χ3n) is 3.08. The minimum absolute atomic E-state index is 0.315. The zero-order valence-electron chi connectivity index (χ0n) is 10.9. The molecule has 4 heteroatoms. The van der Waals surface area contributed by atoms with Gasteiger partial charge in [0.15, 0.2) is 0 Å². The molecule has 0 aliphatic carbocycles. The van der Waals surface area contributed by atoms with Crippen LogP contribution in [0.4, 0.5) is 0 Å². The SMILES string of the molecule is COc1ccc(Cl)cc1C(C#N)Cc1ccc(Cl)cc1. The Bertz CT molecular complexity index is 632. The highest BCUT2D eigenvalue weighted by atomic mass is 35.5. The van der Waals surface area contributed by atoms with Gasteiger partial charge in [0.2, 0.25) is 0 Å². The zero-order valence-corrected chi connectivity index (χ0v) is 12.4. The minimum atomic E-state index is -0.315. The lowest BCUT2D eigenvalue weighted by Crippen LogP contribution is -2.03. The van der Waals surface area contributed by atoms with E-state index in [1.54, 1.807) is 25.3 Å². The van der Waals surface area contributed by atoms with Gasteiger partial charge in [-0.2, -0.15) is 5.26 Å². The Labute approximate surface area is 128 Å².